The van der Waals surface area contributed by atoms with Crippen LogP contribution in [0.1, 0.15) is 124 Å². The van der Waals surface area contributed by atoms with Gasteiger partial charge < -0.3 is 0 Å². The summed E-state index contributed by atoms with van der Waals surface area (Å²) in [6.07, 6.45) is 6.18. The summed E-state index contributed by atoms with van der Waals surface area (Å²) in [7, 11) is 0. The molecule has 0 radical (unpaired) electrons. The molecule has 3 nitrogen and oxygen atoms in total. The molecule has 0 amide bonds. The van der Waals surface area contributed by atoms with Gasteiger partial charge in [0.2, 0.25) is 0 Å². The lowest BCUT2D eigenvalue weighted by Gasteiger charge is -2.34. The molecule has 3 heteroatoms. The third kappa shape index (κ3) is 10.2. The third-order valence-corrected chi connectivity index (χ3v) is 16.0. The van der Waals surface area contributed by atoms with Gasteiger partial charge in [-0.25, -0.2) is 15.0 Å². The topological polar surface area (TPSA) is 38.7 Å². The molecule has 0 saturated carbocycles. The van der Waals surface area contributed by atoms with Crippen LogP contribution in [0.15, 0.2) is 206 Å². The lowest BCUT2D eigenvalue weighted by atomic mass is 9.67. The Kier molecular flexibility index (Phi) is 13.8. The molecule has 382 valence electrons. The van der Waals surface area contributed by atoms with Crippen LogP contribution in [0.2, 0.25) is 0 Å². The number of nitrogens with zero attached hydrogens (tertiary/aromatic N) is 3. The van der Waals surface area contributed by atoms with Crippen molar-refractivity contribution in [1.29, 1.82) is 0 Å². The van der Waals surface area contributed by atoms with Crippen LogP contribution in [0.25, 0.3) is 78.7 Å². The van der Waals surface area contributed by atoms with Gasteiger partial charge in [-0.3, -0.25) is 0 Å². The van der Waals surface area contributed by atoms with Crippen molar-refractivity contribution >= 4 is 0 Å². The predicted octanol–water partition coefficient (Wildman–Crippen LogP) is 19.6. The van der Waals surface area contributed by atoms with E-state index in [0.29, 0.717) is 17.5 Å². The van der Waals surface area contributed by atoms with Gasteiger partial charge in [-0.05, 0) is 121 Å². The Balaban J connectivity index is 0.936. The van der Waals surface area contributed by atoms with Gasteiger partial charge in [0.15, 0.2) is 17.5 Å². The van der Waals surface area contributed by atoms with Gasteiger partial charge in [0, 0.05) is 16.7 Å². The van der Waals surface area contributed by atoms with E-state index in [-0.39, 0.29) is 10.8 Å². The lowest BCUT2D eigenvalue weighted by Crippen LogP contribution is -2.28. The van der Waals surface area contributed by atoms with Crippen LogP contribution in [0, 0.1) is 13.8 Å². The van der Waals surface area contributed by atoms with Crippen molar-refractivity contribution in [2.75, 3.05) is 0 Å². The summed E-state index contributed by atoms with van der Waals surface area (Å²) in [4.78, 5) is 15.5. The molecule has 9 aromatic carbocycles. The van der Waals surface area contributed by atoms with Crippen molar-refractivity contribution in [1.82, 2.24) is 15.0 Å². The van der Waals surface area contributed by atoms with Gasteiger partial charge in [0.25, 0.3) is 0 Å². The lowest BCUT2D eigenvalue weighted by molar-refractivity contribution is 0.590. The highest BCUT2D eigenvalue weighted by molar-refractivity contribution is 5.87. The maximum atomic E-state index is 5.18. The molecule has 1 aliphatic carbocycles. The summed E-state index contributed by atoms with van der Waals surface area (Å²) in [6.45, 7) is 20.2. The van der Waals surface area contributed by atoms with Crippen molar-refractivity contribution in [3.05, 3.63) is 256 Å². The molecule has 0 bridgehead atoms. The van der Waals surface area contributed by atoms with Crippen molar-refractivity contribution in [2.24, 2.45) is 0 Å². The van der Waals surface area contributed by atoms with Gasteiger partial charge in [-0.15, -0.1) is 0 Å². The fourth-order valence-corrected chi connectivity index (χ4v) is 11.5. The molecule has 0 spiro atoms. The first-order chi connectivity index (χ1) is 37.1. The molecular formula is C74H71N3. The van der Waals surface area contributed by atoms with Crippen molar-refractivity contribution in [3.63, 3.8) is 0 Å². The Morgan fingerprint density at radius 2 is 0.649 bits per heavy atom. The average Bonchev–Trinajstić information content (AvgIpc) is 3.78. The summed E-state index contributed by atoms with van der Waals surface area (Å²) in [6, 6.07) is 76.8. The number of benzene rings is 9. The highest BCUT2D eigenvalue weighted by Crippen LogP contribution is 2.57. The second-order valence-electron chi connectivity index (χ2n) is 23.6. The van der Waals surface area contributed by atoms with Gasteiger partial charge in [0.05, 0.1) is 5.41 Å². The predicted molar refractivity (Wildman–Crippen MR) is 324 cm³/mol. The van der Waals surface area contributed by atoms with Crippen LogP contribution < -0.4 is 0 Å². The molecule has 0 N–H and O–H groups in total. The number of hydrogen-bond acceptors (Lipinski definition) is 3. The number of unbranched alkanes of at least 4 members (excludes halogenated alkanes) is 3. The minimum atomic E-state index is -0.462. The van der Waals surface area contributed by atoms with E-state index in [4.69, 9.17) is 15.0 Å². The van der Waals surface area contributed by atoms with E-state index in [1.807, 2.05) is 0 Å². The van der Waals surface area contributed by atoms with E-state index in [1.165, 1.54) is 98.0 Å². The minimum Gasteiger partial charge on any atom is -0.208 e. The summed E-state index contributed by atoms with van der Waals surface area (Å²) in [5.41, 5.74) is 24.0. The highest BCUT2D eigenvalue weighted by Gasteiger charge is 2.46. The Hall–Kier alpha value is -8.01. The van der Waals surface area contributed by atoms with E-state index in [0.717, 1.165) is 45.4 Å². The maximum Gasteiger partial charge on any atom is 0.164 e. The van der Waals surface area contributed by atoms with Crippen molar-refractivity contribution in [2.45, 2.75) is 111 Å². The Morgan fingerprint density at radius 1 is 0.338 bits per heavy atom. The fourth-order valence-electron chi connectivity index (χ4n) is 11.5. The number of fused-ring (bicyclic) bond motifs is 3. The molecule has 0 saturated heterocycles. The zero-order valence-corrected chi connectivity index (χ0v) is 46.5. The summed E-state index contributed by atoms with van der Waals surface area (Å²) in [5.74, 6) is 1.91. The van der Waals surface area contributed by atoms with E-state index in [9.17, 15) is 0 Å². The van der Waals surface area contributed by atoms with Gasteiger partial charge in [0.1, 0.15) is 0 Å². The number of aromatic nitrogens is 3. The van der Waals surface area contributed by atoms with Crippen LogP contribution in [0.5, 0.6) is 0 Å². The average molecular weight is 1000 g/mol. The molecule has 0 unspecified atom stereocenters. The monoisotopic (exact) mass is 1000 g/mol. The van der Waals surface area contributed by atoms with E-state index in [2.05, 4.69) is 269 Å². The Bertz CT molecular complexity index is 3510. The van der Waals surface area contributed by atoms with Crippen LogP contribution >= 0.6 is 0 Å². The normalized spacial score (nSPS) is 12.8. The van der Waals surface area contributed by atoms with Crippen molar-refractivity contribution in [3.8, 4) is 78.7 Å². The molecule has 77 heavy (non-hydrogen) atoms. The molecule has 1 aliphatic rings. The Morgan fingerprint density at radius 3 is 0.987 bits per heavy atom. The second-order valence-corrected chi connectivity index (χ2v) is 23.6. The summed E-state index contributed by atoms with van der Waals surface area (Å²) < 4.78 is 0. The van der Waals surface area contributed by atoms with E-state index in [1.54, 1.807) is 0 Å². The van der Waals surface area contributed by atoms with Crippen molar-refractivity contribution < 1.29 is 0 Å². The molecular weight excluding hydrogens is 931 g/mol. The van der Waals surface area contributed by atoms with Crippen LogP contribution in [0.3, 0.4) is 0 Å². The highest BCUT2D eigenvalue weighted by atomic mass is 15.0. The molecule has 1 aromatic heterocycles. The van der Waals surface area contributed by atoms with Crippen LogP contribution in [-0.2, 0) is 22.7 Å². The Labute approximate surface area is 458 Å². The SMILES string of the molecule is CCCCCCc1ccc(C2(c3ccc(-c4ccc(-c5nc(-c6ccc(-c7ccc(C(C)(C)C)cc7)cc6)nc(-c6ccc(-c7ccc(C(C)(C)C)cc7)cc6)n5)cc4)cc3)c3cc(C)ccc3-c3ccc(C)cc32)cc1. The second kappa shape index (κ2) is 20.8. The zero-order chi connectivity index (χ0) is 53.5. The summed E-state index contributed by atoms with van der Waals surface area (Å²) in [5, 5.41) is 0. The number of hydrogen-bond donors (Lipinski definition) is 0. The number of aryl methyl sites for hydroxylation is 3. The quantitative estimate of drug-likeness (QED) is 0.108. The standard InChI is InChI=1S/C74H71N3/c1-10-11-12-13-14-51-17-37-63(38-18-51)74(67-47-49(2)15-45-65(67)66-46-16-50(3)48-68(66)74)64-43-35-57(36-44-64)54-23-29-60(30-24-54)71-76-69(58-25-19-52(20-26-58)55-31-39-61(40-32-55)72(4,5)6)75-70(77-71)59-27-21-53(22-28-59)56-33-41-62(42-34-56)73(7,8)9/h15-48H,10-14H2,1-9H3. The van der Waals surface area contributed by atoms with Crippen LogP contribution in [0.4, 0.5) is 0 Å². The summed E-state index contributed by atoms with van der Waals surface area (Å²) >= 11 is 0. The smallest absolute Gasteiger partial charge is 0.164 e. The zero-order valence-electron chi connectivity index (χ0n) is 46.5. The van der Waals surface area contributed by atoms with Crippen LogP contribution in [-0.4, -0.2) is 15.0 Å². The molecule has 0 aliphatic heterocycles. The first kappa shape index (κ1) is 51.1. The first-order valence-electron chi connectivity index (χ1n) is 27.9. The molecule has 1 heterocycles. The maximum absolute atomic E-state index is 5.18. The molecule has 11 rings (SSSR count). The largest absolute Gasteiger partial charge is 0.208 e. The first-order valence-corrected chi connectivity index (χ1v) is 27.9. The van der Waals surface area contributed by atoms with E-state index < -0.39 is 5.41 Å². The minimum absolute atomic E-state index is 0.0979. The molecule has 10 aromatic rings. The van der Waals surface area contributed by atoms with Gasteiger partial charge in [-0.2, -0.15) is 0 Å². The number of rotatable bonds is 13. The molecule has 0 fully saturated rings. The fraction of sp³-hybridized carbons (Fsp3) is 0.230. The third-order valence-electron chi connectivity index (χ3n) is 16.0. The van der Waals surface area contributed by atoms with Gasteiger partial charge in [-0.1, -0.05) is 285 Å². The van der Waals surface area contributed by atoms with Gasteiger partial charge >= 0.3 is 0 Å². The molecule has 0 atom stereocenters. The van der Waals surface area contributed by atoms with E-state index >= 15 is 0 Å².